The highest BCUT2D eigenvalue weighted by molar-refractivity contribution is 6.11. The lowest BCUT2D eigenvalue weighted by Gasteiger charge is -2.09. The van der Waals surface area contributed by atoms with Crippen molar-refractivity contribution in [2.75, 3.05) is 0 Å². The SMILES string of the molecule is c1ccc(-c2nc(-c3ccc4ccccc4c3)nc(-c3ccc4c(c3)oc3cc(-c5cccc6c5oc5ccccc56)ccc34)n2)cc1. The number of benzene rings is 7. The standard InChI is InChI=1S/C43H25N3O2/c1-2-10-27(11-3-1)41-44-42(30-18-17-26-9-4-5-12-28(26)23-30)46-43(45-41)31-20-22-35-34-21-19-29(24-38(34)47-39(35)25-31)32-14-8-15-36-33-13-6-7-16-37(33)48-40(32)36/h1-25H. The average molecular weight is 616 g/mol. The highest BCUT2D eigenvalue weighted by Crippen LogP contribution is 2.39. The first-order chi connectivity index (χ1) is 23.7. The first kappa shape index (κ1) is 26.6. The lowest BCUT2D eigenvalue weighted by molar-refractivity contribution is 0.668. The molecule has 0 aliphatic heterocycles. The van der Waals surface area contributed by atoms with E-state index in [1.165, 1.54) is 5.39 Å². The minimum absolute atomic E-state index is 0.589. The van der Waals surface area contributed by atoms with E-state index in [9.17, 15) is 0 Å². The third-order valence-corrected chi connectivity index (χ3v) is 9.12. The predicted octanol–water partition coefficient (Wildman–Crippen LogP) is 11.5. The molecule has 0 bridgehead atoms. The molecule has 7 aromatic carbocycles. The fourth-order valence-corrected chi connectivity index (χ4v) is 6.74. The van der Waals surface area contributed by atoms with Gasteiger partial charge >= 0.3 is 0 Å². The van der Waals surface area contributed by atoms with Crippen LogP contribution in [0.25, 0.3) is 99.9 Å². The summed E-state index contributed by atoms with van der Waals surface area (Å²) in [7, 11) is 0. The van der Waals surface area contributed by atoms with Gasteiger partial charge in [0.15, 0.2) is 17.5 Å². The number of furan rings is 2. The van der Waals surface area contributed by atoms with Crippen LogP contribution in [0, 0.1) is 0 Å². The molecular weight excluding hydrogens is 590 g/mol. The Balaban J connectivity index is 1.10. The molecule has 0 saturated heterocycles. The van der Waals surface area contributed by atoms with Crippen molar-refractivity contribution in [3.05, 3.63) is 152 Å². The molecule has 5 heteroatoms. The zero-order valence-electron chi connectivity index (χ0n) is 25.6. The van der Waals surface area contributed by atoms with Crippen molar-refractivity contribution in [2.24, 2.45) is 0 Å². The van der Waals surface area contributed by atoms with Crippen LogP contribution in [0.5, 0.6) is 0 Å². The molecule has 0 saturated carbocycles. The summed E-state index contributed by atoms with van der Waals surface area (Å²) < 4.78 is 12.9. The zero-order chi connectivity index (χ0) is 31.6. The Kier molecular flexibility index (Phi) is 5.81. The topological polar surface area (TPSA) is 65.0 Å². The maximum absolute atomic E-state index is 6.52. The van der Waals surface area contributed by atoms with Gasteiger partial charge in [0, 0.05) is 43.8 Å². The first-order valence-electron chi connectivity index (χ1n) is 15.9. The van der Waals surface area contributed by atoms with Crippen molar-refractivity contribution in [3.8, 4) is 45.3 Å². The normalized spacial score (nSPS) is 11.8. The second kappa shape index (κ2) is 10.5. The van der Waals surface area contributed by atoms with Gasteiger partial charge in [0.1, 0.15) is 22.3 Å². The molecule has 0 unspecified atom stereocenters. The molecule has 0 radical (unpaired) electrons. The monoisotopic (exact) mass is 615 g/mol. The van der Waals surface area contributed by atoms with Crippen molar-refractivity contribution in [3.63, 3.8) is 0 Å². The highest BCUT2D eigenvalue weighted by atomic mass is 16.3. The summed E-state index contributed by atoms with van der Waals surface area (Å²) in [5, 5.41) is 6.62. The molecule has 0 spiro atoms. The van der Waals surface area contributed by atoms with Gasteiger partial charge in [0.25, 0.3) is 0 Å². The lowest BCUT2D eigenvalue weighted by atomic mass is 10.0. The Morgan fingerprint density at radius 3 is 1.73 bits per heavy atom. The van der Waals surface area contributed by atoms with E-state index in [0.29, 0.717) is 17.5 Å². The summed E-state index contributed by atoms with van der Waals surface area (Å²) in [6, 6.07) is 51.7. The van der Waals surface area contributed by atoms with E-state index < -0.39 is 0 Å². The minimum Gasteiger partial charge on any atom is -0.456 e. The van der Waals surface area contributed by atoms with Crippen LogP contribution in [0.2, 0.25) is 0 Å². The summed E-state index contributed by atoms with van der Waals surface area (Å²) >= 11 is 0. The number of nitrogens with zero attached hydrogens (tertiary/aromatic N) is 3. The van der Waals surface area contributed by atoms with E-state index in [4.69, 9.17) is 23.8 Å². The quantitative estimate of drug-likeness (QED) is 0.197. The van der Waals surface area contributed by atoms with Crippen molar-refractivity contribution in [1.29, 1.82) is 0 Å². The molecule has 0 fully saturated rings. The third kappa shape index (κ3) is 4.29. The van der Waals surface area contributed by atoms with Gasteiger partial charge in [-0.05, 0) is 52.7 Å². The largest absolute Gasteiger partial charge is 0.456 e. The number of para-hydroxylation sites is 2. The molecule has 10 rings (SSSR count). The van der Waals surface area contributed by atoms with Crippen molar-refractivity contribution >= 4 is 54.6 Å². The van der Waals surface area contributed by atoms with Crippen LogP contribution in [0.1, 0.15) is 0 Å². The second-order valence-electron chi connectivity index (χ2n) is 12.0. The van der Waals surface area contributed by atoms with Gasteiger partial charge in [0.2, 0.25) is 0 Å². The van der Waals surface area contributed by atoms with E-state index in [0.717, 1.165) is 77.1 Å². The van der Waals surface area contributed by atoms with Crippen LogP contribution in [0.15, 0.2) is 160 Å². The highest BCUT2D eigenvalue weighted by Gasteiger charge is 2.17. The summed E-state index contributed by atoms with van der Waals surface area (Å²) in [5.41, 5.74) is 8.14. The van der Waals surface area contributed by atoms with Crippen LogP contribution in [0.3, 0.4) is 0 Å². The number of fused-ring (bicyclic) bond motifs is 7. The first-order valence-corrected chi connectivity index (χ1v) is 15.9. The van der Waals surface area contributed by atoms with E-state index in [1.54, 1.807) is 0 Å². The van der Waals surface area contributed by atoms with Crippen molar-refractivity contribution in [1.82, 2.24) is 15.0 Å². The van der Waals surface area contributed by atoms with Crippen LogP contribution in [-0.4, -0.2) is 15.0 Å². The Hall–Kier alpha value is -6.59. The Morgan fingerprint density at radius 1 is 0.333 bits per heavy atom. The van der Waals surface area contributed by atoms with Gasteiger partial charge in [-0.1, -0.05) is 115 Å². The van der Waals surface area contributed by atoms with Gasteiger partial charge in [-0.25, -0.2) is 15.0 Å². The Bertz CT molecular complexity index is 2850. The van der Waals surface area contributed by atoms with E-state index in [1.807, 2.05) is 66.7 Å². The number of hydrogen-bond acceptors (Lipinski definition) is 5. The van der Waals surface area contributed by atoms with Crippen LogP contribution in [-0.2, 0) is 0 Å². The number of hydrogen-bond donors (Lipinski definition) is 0. The lowest BCUT2D eigenvalue weighted by Crippen LogP contribution is -2.00. The average Bonchev–Trinajstić information content (AvgIpc) is 3.72. The summed E-state index contributed by atoms with van der Waals surface area (Å²) in [5.74, 6) is 1.84. The van der Waals surface area contributed by atoms with E-state index >= 15 is 0 Å². The molecule has 0 aliphatic carbocycles. The maximum Gasteiger partial charge on any atom is 0.164 e. The minimum atomic E-state index is 0.589. The predicted molar refractivity (Wildman–Crippen MR) is 194 cm³/mol. The number of rotatable bonds is 4. The molecular formula is C43H25N3O2. The second-order valence-corrected chi connectivity index (χ2v) is 12.0. The molecule has 48 heavy (non-hydrogen) atoms. The van der Waals surface area contributed by atoms with E-state index in [2.05, 4.69) is 84.9 Å². The van der Waals surface area contributed by atoms with Crippen LogP contribution in [0.4, 0.5) is 0 Å². The molecule has 0 amide bonds. The van der Waals surface area contributed by atoms with Crippen molar-refractivity contribution in [2.45, 2.75) is 0 Å². The molecule has 5 nitrogen and oxygen atoms in total. The van der Waals surface area contributed by atoms with Crippen LogP contribution >= 0.6 is 0 Å². The van der Waals surface area contributed by atoms with Crippen molar-refractivity contribution < 1.29 is 8.83 Å². The summed E-state index contributed by atoms with van der Waals surface area (Å²) in [6.45, 7) is 0. The fourth-order valence-electron chi connectivity index (χ4n) is 6.74. The molecule has 3 aromatic heterocycles. The molecule has 10 aromatic rings. The Labute approximate surface area is 274 Å². The van der Waals surface area contributed by atoms with Gasteiger partial charge in [-0.3, -0.25) is 0 Å². The molecule has 0 atom stereocenters. The van der Waals surface area contributed by atoms with Gasteiger partial charge < -0.3 is 8.83 Å². The van der Waals surface area contributed by atoms with Crippen LogP contribution < -0.4 is 0 Å². The molecule has 0 aliphatic rings. The van der Waals surface area contributed by atoms with Gasteiger partial charge in [-0.2, -0.15) is 0 Å². The summed E-state index contributed by atoms with van der Waals surface area (Å²) in [6.07, 6.45) is 0. The molecule has 224 valence electrons. The summed E-state index contributed by atoms with van der Waals surface area (Å²) in [4.78, 5) is 14.9. The Morgan fingerprint density at radius 2 is 0.917 bits per heavy atom. The van der Waals surface area contributed by atoms with Gasteiger partial charge in [-0.15, -0.1) is 0 Å². The molecule has 3 heterocycles. The molecule has 0 N–H and O–H groups in total. The fraction of sp³-hybridized carbons (Fsp3) is 0. The zero-order valence-corrected chi connectivity index (χ0v) is 25.6. The maximum atomic E-state index is 6.52. The third-order valence-electron chi connectivity index (χ3n) is 9.12. The van der Waals surface area contributed by atoms with E-state index in [-0.39, 0.29) is 0 Å². The smallest absolute Gasteiger partial charge is 0.164 e. The number of aromatic nitrogens is 3. The van der Waals surface area contributed by atoms with Gasteiger partial charge in [0.05, 0.1) is 0 Å².